The van der Waals surface area contributed by atoms with E-state index < -0.39 is 90.6 Å². The number of aliphatic hydroxyl groups is 2. The molecule has 0 saturated carbocycles. The van der Waals surface area contributed by atoms with Crippen molar-refractivity contribution < 1.29 is 78.2 Å². The minimum atomic E-state index is -1.64. The van der Waals surface area contributed by atoms with Gasteiger partial charge in [0.15, 0.2) is 18.3 Å². The molecule has 2 aromatic heterocycles. The van der Waals surface area contributed by atoms with E-state index in [4.69, 9.17) is 59.9 Å². The van der Waals surface area contributed by atoms with Gasteiger partial charge in [0.1, 0.15) is 39.8 Å². The molecule has 0 fully saturated rings. The highest BCUT2D eigenvalue weighted by Crippen LogP contribution is 2.26. The van der Waals surface area contributed by atoms with Gasteiger partial charge in [-0.3, -0.25) is 14.4 Å². The van der Waals surface area contributed by atoms with Gasteiger partial charge in [0.2, 0.25) is 6.79 Å². The SMILES string of the molecule is C.CC(C)[C@@H](N)C(=O)OCOC(=O)[C@H](O)C[C@@H](Cc1ccc(-c2cccc(Cl)c2)cc1)NC(=O)c1ccc2nnn(O)c2c1.CC(C)[C@H](NC(=O)OC(C)(C)C)C(=O)OCCl.O=C(N[C@H](Cc1ccc(-c2cccc(Cl)c2)cc1)C[C@@H](O)C(=O)O)c1ccc2nnn(O)c2c1. The Morgan fingerprint density at radius 1 is 0.568 bits per heavy atom. The Morgan fingerprint density at radius 2 is 1.01 bits per heavy atom. The molecule has 29 heteroatoms. The van der Waals surface area contributed by atoms with Gasteiger partial charge in [-0.2, -0.15) is 0 Å². The number of amides is 3. The fourth-order valence-corrected chi connectivity index (χ4v) is 9.50. The second kappa shape index (κ2) is 35.7. The molecule has 8 aromatic rings. The van der Waals surface area contributed by atoms with Crippen molar-refractivity contribution in [1.82, 2.24) is 46.3 Å². The van der Waals surface area contributed by atoms with E-state index in [0.29, 0.717) is 37.2 Å². The van der Waals surface area contributed by atoms with Crippen molar-refractivity contribution in [2.75, 3.05) is 12.9 Å². The van der Waals surface area contributed by atoms with Crippen LogP contribution in [-0.4, -0.2) is 153 Å². The summed E-state index contributed by atoms with van der Waals surface area (Å²) in [5.41, 5.74) is 12.3. The maximum atomic E-state index is 13.2. The van der Waals surface area contributed by atoms with Crippen molar-refractivity contribution in [3.8, 4) is 22.3 Å². The third-order valence-corrected chi connectivity index (χ3v) is 14.6. The molecule has 0 aliphatic heterocycles. The fraction of sp³-hybridized carbons (Fsp3) is 0.348. The molecule has 95 heavy (non-hydrogen) atoms. The lowest BCUT2D eigenvalue weighted by atomic mass is 9.97. The zero-order chi connectivity index (χ0) is 69.0. The second-order valence-corrected chi connectivity index (χ2v) is 24.2. The van der Waals surface area contributed by atoms with Crippen molar-refractivity contribution in [3.05, 3.63) is 166 Å². The molecule has 6 atom stereocenters. The van der Waals surface area contributed by atoms with E-state index in [0.717, 1.165) is 33.4 Å². The first kappa shape index (κ1) is 76.3. The first-order valence-electron chi connectivity index (χ1n) is 29.3. The number of hydrogen-bond donors (Lipinski definition) is 9. The smallest absolute Gasteiger partial charge is 0.408 e. The molecule has 3 amide bonds. The van der Waals surface area contributed by atoms with Crippen LogP contribution in [0.5, 0.6) is 0 Å². The molecular formula is C66H77Cl3N10O16. The highest BCUT2D eigenvalue weighted by Gasteiger charge is 2.30. The molecule has 0 aliphatic carbocycles. The topological polar surface area (TPSA) is 381 Å². The molecule has 0 aliphatic rings. The largest absolute Gasteiger partial charge is 0.479 e. The number of aliphatic hydroxyl groups excluding tert-OH is 2. The van der Waals surface area contributed by atoms with E-state index in [-0.39, 0.29) is 66.8 Å². The number of alkyl halides is 1. The molecule has 508 valence electrons. The van der Waals surface area contributed by atoms with Crippen molar-refractivity contribution in [2.45, 2.75) is 124 Å². The quantitative estimate of drug-likeness (QED) is 0.00894. The number of halogens is 3. The Kier molecular flexibility index (Phi) is 28.7. The Bertz CT molecular complexity index is 3900. The number of nitrogens with two attached hydrogens (primary N) is 1. The number of ether oxygens (including phenoxy) is 4. The summed E-state index contributed by atoms with van der Waals surface area (Å²) < 4.78 is 19.5. The van der Waals surface area contributed by atoms with Gasteiger partial charge in [0.05, 0.1) is 0 Å². The number of aromatic nitrogens is 6. The summed E-state index contributed by atoms with van der Waals surface area (Å²) >= 11 is 17.5. The van der Waals surface area contributed by atoms with Crippen LogP contribution in [-0.2, 0) is 51.0 Å². The van der Waals surface area contributed by atoms with Gasteiger partial charge in [0, 0.05) is 46.1 Å². The number of nitrogens with zero attached hydrogens (tertiary/aromatic N) is 6. The number of aliphatic carboxylic acids is 1. The number of hydrogen-bond acceptors (Lipinski definition) is 20. The van der Waals surface area contributed by atoms with Gasteiger partial charge in [-0.25, -0.2) is 19.2 Å². The summed E-state index contributed by atoms with van der Waals surface area (Å²) in [6.07, 6.45) is -3.76. The normalized spacial score (nSPS) is 13.0. The molecule has 0 bridgehead atoms. The Labute approximate surface area is 562 Å². The molecule has 0 radical (unpaired) electrons. The van der Waals surface area contributed by atoms with Crippen molar-refractivity contribution in [3.63, 3.8) is 0 Å². The predicted octanol–water partition coefficient (Wildman–Crippen LogP) is 9.19. The summed E-state index contributed by atoms with van der Waals surface area (Å²) in [7, 11) is 0. The van der Waals surface area contributed by atoms with Gasteiger partial charge in [-0.15, -0.1) is 10.2 Å². The Balaban J connectivity index is 0.000000280. The highest BCUT2D eigenvalue weighted by atomic mass is 35.5. The maximum Gasteiger partial charge on any atom is 0.408 e. The van der Waals surface area contributed by atoms with E-state index in [1.807, 2.05) is 84.9 Å². The van der Waals surface area contributed by atoms with Crippen molar-refractivity contribution >= 4 is 98.7 Å². The summed E-state index contributed by atoms with van der Waals surface area (Å²) in [4.78, 5) is 85.8. The molecule has 8 rings (SSSR count). The zero-order valence-corrected chi connectivity index (χ0v) is 54.5. The number of rotatable bonds is 24. The zero-order valence-electron chi connectivity index (χ0n) is 52.2. The van der Waals surface area contributed by atoms with Crippen LogP contribution in [0.15, 0.2) is 133 Å². The van der Waals surface area contributed by atoms with Gasteiger partial charge in [-0.1, -0.05) is 152 Å². The van der Waals surface area contributed by atoms with Crippen molar-refractivity contribution in [1.29, 1.82) is 0 Å². The van der Waals surface area contributed by atoms with Gasteiger partial charge in [-0.05, 0) is 150 Å². The van der Waals surface area contributed by atoms with E-state index in [1.165, 1.54) is 30.3 Å². The van der Waals surface area contributed by atoms with Crippen LogP contribution in [0.2, 0.25) is 10.0 Å². The molecule has 0 saturated heterocycles. The number of carboxylic acids is 1. The molecule has 10 N–H and O–H groups in total. The molecule has 2 heterocycles. The van der Waals surface area contributed by atoms with E-state index in [2.05, 4.69) is 41.3 Å². The number of nitrogens with one attached hydrogen (secondary N) is 3. The van der Waals surface area contributed by atoms with Crippen LogP contribution in [0, 0.1) is 11.8 Å². The van der Waals surface area contributed by atoms with Gasteiger partial charge >= 0.3 is 30.0 Å². The van der Waals surface area contributed by atoms with Crippen LogP contribution >= 0.6 is 34.8 Å². The number of carboxylic acid groups (broad SMARTS) is 1. The van der Waals surface area contributed by atoms with Gasteiger partial charge < -0.3 is 66.4 Å². The number of benzene rings is 6. The maximum absolute atomic E-state index is 13.2. The first-order chi connectivity index (χ1) is 44.5. The number of fused-ring (bicyclic) bond motifs is 2. The third kappa shape index (κ3) is 23.5. The van der Waals surface area contributed by atoms with Crippen LogP contribution in [0.3, 0.4) is 0 Å². The average Bonchev–Trinajstić information content (AvgIpc) is 1.74. The predicted molar refractivity (Wildman–Crippen MR) is 353 cm³/mol. The highest BCUT2D eigenvalue weighted by molar-refractivity contribution is 6.31. The minimum Gasteiger partial charge on any atom is -0.479 e. The van der Waals surface area contributed by atoms with Gasteiger partial charge in [0.25, 0.3) is 11.8 Å². The summed E-state index contributed by atoms with van der Waals surface area (Å²) in [5, 5.41) is 73.1. The number of carbonyl (C=O) groups is 7. The fourth-order valence-electron chi connectivity index (χ4n) is 9.01. The van der Waals surface area contributed by atoms with E-state index in [1.54, 1.807) is 66.7 Å². The van der Waals surface area contributed by atoms with Crippen LogP contribution in [0.4, 0.5) is 4.79 Å². The molecule has 0 unspecified atom stereocenters. The molecule has 26 nitrogen and oxygen atoms in total. The standard InChI is InChI=1S/C30H32ClN5O7.C24H21ClN4O5.C11H20ClNO4.CH4/c1-17(2)27(32)30(40)43-16-42-29(39)26(37)15-23(33-28(38)21-10-11-24-25(14-21)36(41)35-34-24)12-18-6-8-19(9-7-18)20-4-3-5-22(31)13-20;25-18-3-1-2-16(11-18)15-6-4-14(5-7-15)10-19(13-22(30)24(32)33)26-23(31)17-8-9-20-21(12-17)29(34)28-27-20;1-7(2)8(9(14)16-6-12)13-10(15)17-11(3,4)5;/h3-11,13-14,17,23,26-27,37,41H,12,15-16,32H2,1-2H3,(H,33,38);1-9,11-12,19,22,30,34H,10,13H2,(H,26,31)(H,32,33);7-8H,6H2,1-5H3,(H,13,15);1H4/t23-,26-,27-;19-,22-;8-;/m110./s1. The monoisotopic (exact) mass is 1370 g/mol. The number of alkyl carbamates (subject to hydrolysis) is 1. The Hall–Kier alpha value is -9.44. The lowest BCUT2D eigenvalue weighted by Crippen LogP contribution is -2.47. The second-order valence-electron chi connectivity index (χ2n) is 23.1. The summed E-state index contributed by atoms with van der Waals surface area (Å²) in [6.45, 7) is 11.6. The first-order valence-corrected chi connectivity index (χ1v) is 30.6. The molecule has 6 aromatic carbocycles. The van der Waals surface area contributed by atoms with E-state index >= 15 is 0 Å². The lowest BCUT2D eigenvalue weighted by molar-refractivity contribution is -0.175. The summed E-state index contributed by atoms with van der Waals surface area (Å²) in [6, 6.07) is 35.7. The van der Waals surface area contributed by atoms with Crippen LogP contribution < -0.4 is 21.7 Å². The van der Waals surface area contributed by atoms with Crippen LogP contribution in [0.25, 0.3) is 44.3 Å². The average molecular weight is 1370 g/mol. The summed E-state index contributed by atoms with van der Waals surface area (Å²) in [5.74, 6) is -4.99. The molecule has 0 spiro atoms. The molecular weight excluding hydrogens is 1300 g/mol. The number of carbonyl (C=O) groups excluding carboxylic acids is 6. The minimum absolute atomic E-state index is 0. The van der Waals surface area contributed by atoms with Crippen LogP contribution in [0.1, 0.15) is 101 Å². The van der Waals surface area contributed by atoms with Crippen molar-refractivity contribution in [2.24, 2.45) is 17.6 Å². The Morgan fingerprint density at radius 3 is 1.41 bits per heavy atom. The number of esters is 3. The van der Waals surface area contributed by atoms with E-state index in [9.17, 15) is 54.2 Å². The third-order valence-electron chi connectivity index (χ3n) is 14.0. The lowest BCUT2D eigenvalue weighted by Gasteiger charge is -2.24.